The molecule has 0 aromatic heterocycles. The highest BCUT2D eigenvalue weighted by atomic mass is 32.2. The van der Waals surface area contributed by atoms with Crippen molar-refractivity contribution in [1.82, 2.24) is 10.2 Å². The van der Waals surface area contributed by atoms with Gasteiger partial charge in [0.1, 0.15) is 0 Å². The van der Waals surface area contributed by atoms with Crippen molar-refractivity contribution in [2.75, 3.05) is 12.8 Å². The van der Waals surface area contributed by atoms with E-state index in [4.69, 9.17) is 0 Å². The third kappa shape index (κ3) is 2.69. The monoisotopic (exact) mass is 270 g/mol. The van der Waals surface area contributed by atoms with Gasteiger partial charge in [0.15, 0.2) is 0 Å². The number of rotatable bonds is 6. The molecule has 1 amide bonds. The fourth-order valence-electron chi connectivity index (χ4n) is 2.76. The minimum atomic E-state index is 0.0270. The van der Waals surface area contributed by atoms with E-state index in [0.29, 0.717) is 16.6 Å². The molecule has 0 bridgehead atoms. The largest absolute Gasteiger partial charge is 0.324 e. The van der Waals surface area contributed by atoms with Gasteiger partial charge in [-0.25, -0.2) is 0 Å². The molecule has 3 nitrogen and oxygen atoms in total. The van der Waals surface area contributed by atoms with Gasteiger partial charge in [-0.3, -0.25) is 10.1 Å². The normalized spacial score (nSPS) is 30.3. The fraction of sp³-hybridized carbons (Fsp3) is 0.929. The molecule has 1 aliphatic carbocycles. The van der Waals surface area contributed by atoms with Gasteiger partial charge in [0.2, 0.25) is 5.91 Å². The van der Waals surface area contributed by atoms with E-state index < -0.39 is 0 Å². The van der Waals surface area contributed by atoms with Gasteiger partial charge in [0, 0.05) is 11.3 Å². The summed E-state index contributed by atoms with van der Waals surface area (Å²) >= 11 is 1.94. The average Bonchev–Trinajstić information content (AvgIpc) is 3.04. The molecule has 2 atom stereocenters. The van der Waals surface area contributed by atoms with Gasteiger partial charge in [-0.1, -0.05) is 27.2 Å². The van der Waals surface area contributed by atoms with Crippen molar-refractivity contribution in [3.63, 3.8) is 0 Å². The molecule has 0 aromatic rings. The highest BCUT2D eigenvalue weighted by molar-refractivity contribution is 8.00. The first-order valence-electron chi connectivity index (χ1n) is 7.14. The van der Waals surface area contributed by atoms with E-state index in [1.165, 1.54) is 12.8 Å². The maximum absolute atomic E-state index is 12.5. The van der Waals surface area contributed by atoms with Crippen LogP contribution in [0.1, 0.15) is 46.5 Å². The molecule has 1 saturated carbocycles. The van der Waals surface area contributed by atoms with Crippen LogP contribution in [0.15, 0.2) is 0 Å². The molecule has 18 heavy (non-hydrogen) atoms. The highest BCUT2D eigenvalue weighted by Crippen LogP contribution is 2.48. The Labute approximate surface area is 115 Å². The summed E-state index contributed by atoms with van der Waals surface area (Å²) < 4.78 is 0.370. The van der Waals surface area contributed by atoms with Crippen LogP contribution < -0.4 is 5.32 Å². The molecule has 2 fully saturated rings. The van der Waals surface area contributed by atoms with E-state index in [1.54, 1.807) is 0 Å². The van der Waals surface area contributed by atoms with E-state index in [-0.39, 0.29) is 12.2 Å². The molecule has 2 rings (SSSR count). The Hall–Kier alpha value is -0.220. The molecule has 1 heterocycles. The van der Waals surface area contributed by atoms with Crippen molar-refractivity contribution < 1.29 is 4.79 Å². The quantitative estimate of drug-likeness (QED) is 0.805. The van der Waals surface area contributed by atoms with Gasteiger partial charge < -0.3 is 4.90 Å². The first kappa shape index (κ1) is 14.2. The van der Waals surface area contributed by atoms with Crippen molar-refractivity contribution in [3.8, 4) is 0 Å². The lowest BCUT2D eigenvalue weighted by atomic mass is 10.1. The van der Waals surface area contributed by atoms with E-state index >= 15 is 0 Å². The fourth-order valence-corrected chi connectivity index (χ4v) is 3.53. The maximum Gasteiger partial charge on any atom is 0.241 e. The Morgan fingerprint density at radius 1 is 1.50 bits per heavy atom. The lowest BCUT2D eigenvalue weighted by Gasteiger charge is -2.27. The van der Waals surface area contributed by atoms with Crippen molar-refractivity contribution >= 4 is 17.7 Å². The number of hydrogen-bond donors (Lipinski definition) is 1. The summed E-state index contributed by atoms with van der Waals surface area (Å²) in [6.07, 6.45) is 7.17. The van der Waals surface area contributed by atoms with E-state index in [2.05, 4.69) is 37.2 Å². The molecule has 2 unspecified atom stereocenters. The van der Waals surface area contributed by atoms with Crippen LogP contribution in [-0.4, -0.2) is 40.6 Å². The number of thioether (sulfide) groups is 1. The molecule has 2 aliphatic rings. The predicted molar refractivity (Wildman–Crippen MR) is 77.7 cm³/mol. The topological polar surface area (TPSA) is 32.3 Å². The van der Waals surface area contributed by atoms with Crippen molar-refractivity contribution in [3.05, 3.63) is 0 Å². The van der Waals surface area contributed by atoms with Crippen molar-refractivity contribution in [1.29, 1.82) is 0 Å². The first-order valence-corrected chi connectivity index (χ1v) is 8.37. The number of carbonyl (C=O) groups excluding carboxylic acids is 1. The molecule has 104 valence electrons. The SMILES string of the molecule is CCCC1NC(C(C)C)C(=O)N1CC1(SC)CC1. The van der Waals surface area contributed by atoms with Crippen molar-refractivity contribution in [2.45, 2.75) is 63.4 Å². The number of hydrogen-bond acceptors (Lipinski definition) is 3. The summed E-state index contributed by atoms with van der Waals surface area (Å²) in [5.41, 5.74) is 0. The van der Waals surface area contributed by atoms with Crippen LogP contribution in [0.2, 0.25) is 0 Å². The highest BCUT2D eigenvalue weighted by Gasteiger charge is 2.48. The number of carbonyl (C=O) groups is 1. The second kappa shape index (κ2) is 5.41. The van der Waals surface area contributed by atoms with Crippen molar-refractivity contribution in [2.24, 2.45) is 5.92 Å². The van der Waals surface area contributed by atoms with E-state index in [9.17, 15) is 4.79 Å². The number of nitrogens with zero attached hydrogens (tertiary/aromatic N) is 1. The Balaban J connectivity index is 2.06. The van der Waals surface area contributed by atoms with Crippen LogP contribution in [-0.2, 0) is 4.79 Å². The van der Waals surface area contributed by atoms with Crippen LogP contribution >= 0.6 is 11.8 Å². The minimum absolute atomic E-state index is 0.0270. The van der Waals surface area contributed by atoms with Crippen LogP contribution in [0.25, 0.3) is 0 Å². The number of amides is 1. The van der Waals surface area contributed by atoms with Gasteiger partial charge in [0.05, 0.1) is 12.2 Å². The molecular weight excluding hydrogens is 244 g/mol. The summed E-state index contributed by atoms with van der Waals surface area (Å²) in [6, 6.07) is 0.0270. The zero-order valence-electron chi connectivity index (χ0n) is 12.0. The predicted octanol–water partition coefficient (Wildman–Crippen LogP) is 2.46. The summed E-state index contributed by atoms with van der Waals surface area (Å²) in [4.78, 5) is 14.6. The third-order valence-electron chi connectivity index (χ3n) is 4.23. The van der Waals surface area contributed by atoms with Gasteiger partial charge in [-0.2, -0.15) is 11.8 Å². The Bertz CT molecular complexity index is 315. The van der Waals surface area contributed by atoms with Gasteiger partial charge in [0.25, 0.3) is 0 Å². The van der Waals surface area contributed by atoms with Gasteiger partial charge in [-0.15, -0.1) is 0 Å². The summed E-state index contributed by atoms with van der Waals surface area (Å²) in [6.45, 7) is 7.38. The smallest absolute Gasteiger partial charge is 0.241 e. The summed E-state index contributed by atoms with van der Waals surface area (Å²) in [5, 5.41) is 3.53. The van der Waals surface area contributed by atoms with Crippen LogP contribution in [0.4, 0.5) is 0 Å². The first-order chi connectivity index (χ1) is 8.53. The van der Waals surface area contributed by atoms with Crippen LogP contribution in [0, 0.1) is 5.92 Å². The molecule has 1 N–H and O–H groups in total. The summed E-state index contributed by atoms with van der Waals surface area (Å²) in [7, 11) is 0. The zero-order chi connectivity index (χ0) is 13.3. The van der Waals surface area contributed by atoms with Gasteiger partial charge in [-0.05, 0) is 31.4 Å². The Morgan fingerprint density at radius 2 is 2.17 bits per heavy atom. The number of nitrogens with one attached hydrogen (secondary N) is 1. The molecular formula is C14H26N2OS. The second-order valence-corrected chi connectivity index (χ2v) is 7.32. The Morgan fingerprint density at radius 3 is 2.61 bits per heavy atom. The molecule has 0 radical (unpaired) electrons. The lowest BCUT2D eigenvalue weighted by Crippen LogP contribution is -2.41. The lowest BCUT2D eigenvalue weighted by molar-refractivity contribution is -0.130. The van der Waals surface area contributed by atoms with E-state index in [1.807, 2.05) is 11.8 Å². The van der Waals surface area contributed by atoms with Crippen LogP contribution in [0.3, 0.4) is 0 Å². The van der Waals surface area contributed by atoms with Gasteiger partial charge >= 0.3 is 0 Å². The molecule has 4 heteroatoms. The average molecular weight is 270 g/mol. The standard InChI is InChI=1S/C14H26N2OS/c1-5-6-11-15-12(10(2)3)13(17)16(11)9-14(18-4)7-8-14/h10-12,15H,5-9H2,1-4H3. The molecule has 0 spiro atoms. The maximum atomic E-state index is 12.5. The molecule has 1 saturated heterocycles. The molecule has 0 aromatic carbocycles. The van der Waals surface area contributed by atoms with E-state index in [0.717, 1.165) is 19.4 Å². The summed E-state index contributed by atoms with van der Waals surface area (Å²) in [5.74, 6) is 0.704. The zero-order valence-corrected chi connectivity index (χ0v) is 12.8. The second-order valence-electron chi connectivity index (χ2n) is 6.05. The molecule has 1 aliphatic heterocycles. The van der Waals surface area contributed by atoms with Crippen LogP contribution in [0.5, 0.6) is 0 Å². The Kier molecular flexibility index (Phi) is 4.27. The third-order valence-corrected chi connectivity index (χ3v) is 5.63. The minimum Gasteiger partial charge on any atom is -0.324 e.